The van der Waals surface area contributed by atoms with Gasteiger partial charge >= 0.3 is 17.8 Å². The summed E-state index contributed by atoms with van der Waals surface area (Å²) in [4.78, 5) is 40.3. The first kappa shape index (κ1) is 20.9. The first-order chi connectivity index (χ1) is 13.2. The van der Waals surface area contributed by atoms with E-state index in [-0.39, 0.29) is 0 Å². The normalized spacial score (nSPS) is 12.0. The molecule has 150 valence electrons. The summed E-state index contributed by atoms with van der Waals surface area (Å²) in [5, 5.41) is 4.88. The van der Waals surface area contributed by atoms with Crippen molar-refractivity contribution in [1.82, 2.24) is 10.3 Å². The molecule has 0 saturated carbocycles. The van der Waals surface area contributed by atoms with Crippen molar-refractivity contribution in [3.8, 4) is 17.1 Å². The number of hydrogen-bond donors (Lipinski definition) is 2. The van der Waals surface area contributed by atoms with Gasteiger partial charge in [0.25, 0.3) is 0 Å². The molecular weight excluding hydrogens is 366 g/mol. The summed E-state index contributed by atoms with van der Waals surface area (Å²) in [6.07, 6.45) is 2.82. The molecule has 1 unspecified atom stereocenters. The number of methoxy groups -OCH3 is 2. The van der Waals surface area contributed by atoms with Crippen LogP contribution >= 0.6 is 0 Å². The predicted molar refractivity (Wildman–Crippen MR) is 101 cm³/mol. The number of nitrogens with one attached hydrogen (secondary N) is 2. The number of hydrogen-bond acceptors (Lipinski definition) is 7. The first-order valence-electron chi connectivity index (χ1n) is 8.44. The van der Waals surface area contributed by atoms with E-state index in [4.69, 9.17) is 13.9 Å². The van der Waals surface area contributed by atoms with E-state index in [1.54, 1.807) is 39.0 Å². The maximum Gasteiger partial charge on any atom is 0.328 e. The van der Waals surface area contributed by atoms with Crippen molar-refractivity contribution in [2.75, 3.05) is 19.5 Å². The SMILES string of the molecule is COC(=O)C(NC(=O)C(=O)Nc1ccc(-c2cnco2)c(OC)c1)C(C)(C)C. The lowest BCUT2D eigenvalue weighted by molar-refractivity contribution is -0.149. The summed E-state index contributed by atoms with van der Waals surface area (Å²) in [5.41, 5.74) is 0.344. The number of carbonyl (C=O) groups excluding carboxylic acids is 3. The third kappa shape index (κ3) is 4.87. The molecule has 1 aromatic carbocycles. The van der Waals surface area contributed by atoms with Gasteiger partial charge in [0, 0.05) is 11.8 Å². The molecule has 1 atom stereocenters. The fourth-order valence-corrected chi connectivity index (χ4v) is 2.45. The van der Waals surface area contributed by atoms with Gasteiger partial charge in [0.1, 0.15) is 11.8 Å². The van der Waals surface area contributed by atoms with Gasteiger partial charge in [-0.05, 0) is 17.5 Å². The second kappa shape index (κ2) is 8.55. The molecule has 1 aromatic heterocycles. The smallest absolute Gasteiger partial charge is 0.328 e. The van der Waals surface area contributed by atoms with Crippen LogP contribution < -0.4 is 15.4 Å². The van der Waals surface area contributed by atoms with Crippen LogP contribution in [-0.4, -0.2) is 43.0 Å². The molecule has 1 heterocycles. The van der Waals surface area contributed by atoms with Gasteiger partial charge in [-0.2, -0.15) is 0 Å². The molecule has 0 aliphatic carbocycles. The highest BCUT2D eigenvalue weighted by Gasteiger charge is 2.35. The summed E-state index contributed by atoms with van der Waals surface area (Å²) in [6, 6.07) is 3.83. The molecule has 0 aliphatic rings. The topological polar surface area (TPSA) is 120 Å². The van der Waals surface area contributed by atoms with Crippen LogP contribution in [0.3, 0.4) is 0 Å². The average molecular weight is 389 g/mol. The molecule has 0 saturated heterocycles. The highest BCUT2D eigenvalue weighted by atomic mass is 16.5. The summed E-state index contributed by atoms with van der Waals surface area (Å²) < 4.78 is 15.3. The van der Waals surface area contributed by atoms with E-state index in [0.29, 0.717) is 22.8 Å². The molecule has 2 aromatic rings. The summed E-state index contributed by atoms with van der Waals surface area (Å²) in [5.74, 6) is -1.58. The number of amides is 2. The van der Waals surface area contributed by atoms with E-state index in [1.165, 1.54) is 26.8 Å². The zero-order valence-electron chi connectivity index (χ0n) is 16.4. The fourth-order valence-electron chi connectivity index (χ4n) is 2.45. The quantitative estimate of drug-likeness (QED) is 0.593. The van der Waals surface area contributed by atoms with Crippen LogP contribution in [0.5, 0.6) is 5.75 Å². The lowest BCUT2D eigenvalue weighted by Crippen LogP contribution is -2.52. The maximum absolute atomic E-state index is 12.3. The van der Waals surface area contributed by atoms with Crippen LogP contribution in [-0.2, 0) is 19.1 Å². The Morgan fingerprint density at radius 1 is 1.14 bits per heavy atom. The molecule has 9 heteroatoms. The van der Waals surface area contributed by atoms with Crippen LogP contribution in [0.25, 0.3) is 11.3 Å². The molecule has 0 fully saturated rings. The Labute approximate surface area is 162 Å². The number of rotatable bonds is 5. The Morgan fingerprint density at radius 2 is 1.86 bits per heavy atom. The van der Waals surface area contributed by atoms with Gasteiger partial charge in [0.05, 0.1) is 26.0 Å². The number of esters is 1. The zero-order chi connectivity index (χ0) is 20.9. The number of aromatic nitrogens is 1. The molecule has 2 rings (SSSR count). The van der Waals surface area contributed by atoms with Crippen LogP contribution in [0.15, 0.2) is 35.2 Å². The minimum absolute atomic E-state index is 0.339. The average Bonchev–Trinajstić information content (AvgIpc) is 3.18. The van der Waals surface area contributed by atoms with E-state index in [1.807, 2.05) is 0 Å². The predicted octanol–water partition coefficient (Wildman–Crippen LogP) is 1.99. The van der Waals surface area contributed by atoms with Gasteiger partial charge in [0.2, 0.25) is 0 Å². The number of benzene rings is 1. The standard InChI is InChI=1S/C19H23N3O6/c1-19(2,3)15(18(25)27-5)22-17(24)16(23)21-11-6-7-12(13(8-11)26-4)14-9-20-10-28-14/h6-10,15H,1-5H3,(H,21,23)(H,22,24). The first-order valence-corrected chi connectivity index (χ1v) is 8.44. The molecule has 0 spiro atoms. The molecule has 28 heavy (non-hydrogen) atoms. The molecule has 9 nitrogen and oxygen atoms in total. The van der Waals surface area contributed by atoms with Crippen molar-refractivity contribution in [1.29, 1.82) is 0 Å². The van der Waals surface area contributed by atoms with E-state index in [0.717, 1.165) is 0 Å². The van der Waals surface area contributed by atoms with Gasteiger partial charge < -0.3 is 24.5 Å². The Hall–Kier alpha value is -3.36. The molecule has 2 amide bonds. The monoisotopic (exact) mass is 389 g/mol. The number of oxazole rings is 1. The van der Waals surface area contributed by atoms with Gasteiger partial charge in [-0.3, -0.25) is 9.59 Å². The number of carbonyl (C=O) groups is 3. The maximum atomic E-state index is 12.3. The third-order valence-electron chi connectivity index (χ3n) is 3.94. The van der Waals surface area contributed by atoms with Crippen molar-refractivity contribution in [3.63, 3.8) is 0 Å². The number of nitrogens with zero attached hydrogens (tertiary/aromatic N) is 1. The van der Waals surface area contributed by atoms with Crippen molar-refractivity contribution in [2.24, 2.45) is 5.41 Å². The molecule has 2 N–H and O–H groups in total. The minimum Gasteiger partial charge on any atom is -0.496 e. The number of ether oxygens (including phenoxy) is 2. The van der Waals surface area contributed by atoms with Crippen molar-refractivity contribution in [2.45, 2.75) is 26.8 Å². The van der Waals surface area contributed by atoms with Gasteiger partial charge in [-0.15, -0.1) is 0 Å². The van der Waals surface area contributed by atoms with Crippen LogP contribution in [0.4, 0.5) is 5.69 Å². The van der Waals surface area contributed by atoms with Gasteiger partial charge in [0.15, 0.2) is 12.2 Å². The molecule has 0 bridgehead atoms. The lowest BCUT2D eigenvalue weighted by Gasteiger charge is -2.28. The molecule has 0 aliphatic heterocycles. The summed E-state index contributed by atoms with van der Waals surface area (Å²) in [6.45, 7) is 5.25. The minimum atomic E-state index is -0.973. The van der Waals surface area contributed by atoms with Crippen molar-refractivity contribution in [3.05, 3.63) is 30.8 Å². The zero-order valence-corrected chi connectivity index (χ0v) is 16.4. The van der Waals surface area contributed by atoms with Crippen LogP contribution in [0.1, 0.15) is 20.8 Å². The Bertz CT molecular complexity index is 855. The van der Waals surface area contributed by atoms with E-state index in [2.05, 4.69) is 15.6 Å². The summed E-state index contributed by atoms with van der Waals surface area (Å²) in [7, 11) is 2.69. The number of anilines is 1. The largest absolute Gasteiger partial charge is 0.496 e. The fraction of sp³-hybridized carbons (Fsp3) is 0.368. The van der Waals surface area contributed by atoms with Gasteiger partial charge in [-0.25, -0.2) is 9.78 Å². The van der Waals surface area contributed by atoms with Crippen LogP contribution in [0.2, 0.25) is 0 Å². The summed E-state index contributed by atoms with van der Waals surface area (Å²) >= 11 is 0. The Balaban J connectivity index is 2.13. The second-order valence-corrected chi connectivity index (χ2v) is 7.03. The van der Waals surface area contributed by atoms with Gasteiger partial charge in [-0.1, -0.05) is 20.8 Å². The lowest BCUT2D eigenvalue weighted by atomic mass is 9.86. The van der Waals surface area contributed by atoms with Crippen LogP contribution in [0, 0.1) is 5.41 Å². The second-order valence-electron chi connectivity index (χ2n) is 7.03. The van der Waals surface area contributed by atoms with E-state index in [9.17, 15) is 14.4 Å². The highest BCUT2D eigenvalue weighted by Crippen LogP contribution is 2.32. The van der Waals surface area contributed by atoms with Crippen molar-refractivity contribution >= 4 is 23.5 Å². The highest BCUT2D eigenvalue weighted by molar-refractivity contribution is 6.40. The van der Waals surface area contributed by atoms with Crippen molar-refractivity contribution < 1.29 is 28.3 Å². The molecular formula is C19H23N3O6. The third-order valence-corrected chi connectivity index (χ3v) is 3.94. The van der Waals surface area contributed by atoms with E-state index < -0.39 is 29.2 Å². The Kier molecular flexibility index (Phi) is 6.40. The Morgan fingerprint density at radius 3 is 2.39 bits per heavy atom. The van der Waals surface area contributed by atoms with E-state index >= 15 is 0 Å². The molecule has 0 radical (unpaired) electrons.